The molecule has 0 radical (unpaired) electrons. The molecule has 110 valence electrons. The lowest BCUT2D eigenvalue weighted by atomic mass is 9.86. The van der Waals surface area contributed by atoms with Crippen LogP contribution in [0.5, 0.6) is 0 Å². The molecule has 1 aliphatic heterocycles. The molecule has 1 saturated heterocycles. The average molecular weight is 284 g/mol. The van der Waals surface area contributed by atoms with Gasteiger partial charge in [-0.15, -0.1) is 0 Å². The standard InChI is InChI=1S/C17H21BO3/c1-12-7-6-8-13(11-12)14-9-10-15(19-14)18-20-16(2,3)17(4,5)21-18/h6-11H,1-5H3. The molecule has 0 unspecified atom stereocenters. The summed E-state index contributed by atoms with van der Waals surface area (Å²) in [4.78, 5) is 0. The second-order valence-corrected chi connectivity index (χ2v) is 6.66. The van der Waals surface area contributed by atoms with Gasteiger partial charge in [0.25, 0.3) is 0 Å². The molecular formula is C17H21BO3. The van der Waals surface area contributed by atoms with Crippen LogP contribution in [0.3, 0.4) is 0 Å². The van der Waals surface area contributed by atoms with Gasteiger partial charge in [-0.05, 0) is 52.8 Å². The van der Waals surface area contributed by atoms with Gasteiger partial charge in [0.2, 0.25) is 0 Å². The van der Waals surface area contributed by atoms with Crippen LogP contribution < -0.4 is 5.66 Å². The lowest BCUT2D eigenvalue weighted by Gasteiger charge is -2.32. The van der Waals surface area contributed by atoms with Gasteiger partial charge >= 0.3 is 7.12 Å². The van der Waals surface area contributed by atoms with Crippen LogP contribution in [0.4, 0.5) is 0 Å². The van der Waals surface area contributed by atoms with E-state index >= 15 is 0 Å². The number of benzene rings is 1. The molecule has 0 N–H and O–H groups in total. The van der Waals surface area contributed by atoms with Gasteiger partial charge < -0.3 is 13.7 Å². The second-order valence-electron chi connectivity index (χ2n) is 6.66. The molecule has 0 spiro atoms. The molecule has 2 aromatic rings. The predicted molar refractivity (Wildman–Crippen MR) is 84.6 cm³/mol. The Bertz CT molecular complexity index is 642. The van der Waals surface area contributed by atoms with Crippen molar-refractivity contribution in [3.63, 3.8) is 0 Å². The molecule has 0 saturated carbocycles. The lowest BCUT2D eigenvalue weighted by Crippen LogP contribution is -2.41. The molecule has 4 heteroatoms. The highest BCUT2D eigenvalue weighted by Gasteiger charge is 2.53. The zero-order valence-electron chi connectivity index (χ0n) is 13.3. The molecule has 1 aliphatic rings. The van der Waals surface area contributed by atoms with Crippen molar-refractivity contribution < 1.29 is 13.7 Å². The third-order valence-corrected chi connectivity index (χ3v) is 4.41. The number of hydrogen-bond donors (Lipinski definition) is 0. The fourth-order valence-corrected chi connectivity index (χ4v) is 2.39. The molecule has 3 rings (SSSR count). The zero-order chi connectivity index (χ0) is 15.3. The molecule has 0 aliphatic carbocycles. The first kappa shape index (κ1) is 14.4. The molecule has 21 heavy (non-hydrogen) atoms. The van der Waals surface area contributed by atoms with Crippen LogP contribution in [0.25, 0.3) is 11.3 Å². The van der Waals surface area contributed by atoms with Crippen molar-refractivity contribution in [2.45, 2.75) is 45.8 Å². The molecular weight excluding hydrogens is 263 g/mol. The monoisotopic (exact) mass is 284 g/mol. The topological polar surface area (TPSA) is 31.6 Å². The van der Waals surface area contributed by atoms with Gasteiger partial charge in [0, 0.05) is 5.56 Å². The van der Waals surface area contributed by atoms with Crippen molar-refractivity contribution in [3.8, 4) is 11.3 Å². The molecule has 0 atom stereocenters. The fourth-order valence-electron chi connectivity index (χ4n) is 2.39. The Labute approximate surface area is 126 Å². The van der Waals surface area contributed by atoms with Gasteiger partial charge in [0.15, 0.2) is 0 Å². The van der Waals surface area contributed by atoms with Gasteiger partial charge in [-0.3, -0.25) is 0 Å². The van der Waals surface area contributed by atoms with E-state index in [-0.39, 0.29) is 11.2 Å². The van der Waals surface area contributed by atoms with Crippen molar-refractivity contribution >= 4 is 12.8 Å². The van der Waals surface area contributed by atoms with Crippen molar-refractivity contribution in [3.05, 3.63) is 42.0 Å². The highest BCUT2D eigenvalue weighted by molar-refractivity contribution is 6.60. The van der Waals surface area contributed by atoms with Gasteiger partial charge in [-0.1, -0.05) is 23.8 Å². The summed E-state index contributed by atoms with van der Waals surface area (Å²) in [5.41, 5.74) is 2.28. The van der Waals surface area contributed by atoms with Crippen LogP contribution >= 0.6 is 0 Å². The van der Waals surface area contributed by atoms with Crippen LogP contribution in [0, 0.1) is 6.92 Å². The Morgan fingerprint density at radius 2 is 1.57 bits per heavy atom. The highest BCUT2D eigenvalue weighted by atomic mass is 16.7. The summed E-state index contributed by atoms with van der Waals surface area (Å²) in [6.45, 7) is 10.2. The van der Waals surface area contributed by atoms with E-state index in [9.17, 15) is 0 Å². The van der Waals surface area contributed by atoms with Gasteiger partial charge in [-0.25, -0.2) is 0 Å². The van der Waals surface area contributed by atoms with E-state index in [1.165, 1.54) is 5.56 Å². The normalized spacial score (nSPS) is 20.0. The van der Waals surface area contributed by atoms with Crippen molar-refractivity contribution in [2.24, 2.45) is 0 Å². The Kier molecular flexibility index (Phi) is 3.26. The minimum Gasteiger partial charge on any atom is -0.465 e. The lowest BCUT2D eigenvalue weighted by molar-refractivity contribution is 0.00578. The van der Waals surface area contributed by atoms with E-state index in [1.54, 1.807) is 0 Å². The molecule has 0 bridgehead atoms. The quantitative estimate of drug-likeness (QED) is 0.790. The summed E-state index contributed by atoms with van der Waals surface area (Å²) < 4.78 is 18.0. The number of furan rings is 1. The summed E-state index contributed by atoms with van der Waals surface area (Å²) in [5, 5.41) is 0. The SMILES string of the molecule is Cc1cccc(-c2ccc(B3OC(C)(C)C(C)(C)O3)o2)c1. The highest BCUT2D eigenvalue weighted by Crippen LogP contribution is 2.36. The second kappa shape index (κ2) is 4.75. The van der Waals surface area contributed by atoms with E-state index in [2.05, 4.69) is 19.1 Å². The summed E-state index contributed by atoms with van der Waals surface area (Å²) in [6.07, 6.45) is 0. The summed E-state index contributed by atoms with van der Waals surface area (Å²) in [6, 6.07) is 12.1. The van der Waals surface area contributed by atoms with Crippen LogP contribution in [-0.2, 0) is 9.31 Å². The summed E-state index contributed by atoms with van der Waals surface area (Å²) >= 11 is 0. The first-order valence-corrected chi connectivity index (χ1v) is 7.31. The van der Waals surface area contributed by atoms with Crippen molar-refractivity contribution in [1.29, 1.82) is 0 Å². The number of hydrogen-bond acceptors (Lipinski definition) is 3. The third-order valence-electron chi connectivity index (χ3n) is 4.41. The molecule has 0 amide bonds. The third kappa shape index (κ3) is 2.54. The summed E-state index contributed by atoms with van der Waals surface area (Å²) in [7, 11) is -0.450. The Morgan fingerprint density at radius 1 is 0.905 bits per heavy atom. The maximum atomic E-state index is 6.01. The van der Waals surface area contributed by atoms with Crippen LogP contribution in [-0.4, -0.2) is 18.3 Å². The minimum atomic E-state index is -0.450. The minimum absolute atomic E-state index is 0.353. The molecule has 1 fully saturated rings. The fraction of sp³-hybridized carbons (Fsp3) is 0.412. The number of aryl methyl sites for hydroxylation is 1. The predicted octanol–water partition coefficient (Wildman–Crippen LogP) is 3.55. The molecule has 2 heterocycles. The first-order chi connectivity index (χ1) is 9.78. The van der Waals surface area contributed by atoms with Crippen LogP contribution in [0.1, 0.15) is 33.3 Å². The van der Waals surface area contributed by atoms with Gasteiger partial charge in [0.1, 0.15) is 11.4 Å². The van der Waals surface area contributed by atoms with E-state index in [4.69, 9.17) is 13.7 Å². The average Bonchev–Trinajstić information content (AvgIpc) is 2.93. The van der Waals surface area contributed by atoms with Crippen molar-refractivity contribution in [2.75, 3.05) is 0 Å². The maximum absolute atomic E-state index is 6.01. The van der Waals surface area contributed by atoms with Gasteiger partial charge in [0.05, 0.1) is 11.2 Å². The maximum Gasteiger partial charge on any atom is 0.532 e. The van der Waals surface area contributed by atoms with Crippen LogP contribution in [0.2, 0.25) is 0 Å². The Hall–Kier alpha value is -1.52. The van der Waals surface area contributed by atoms with E-state index in [0.717, 1.165) is 11.3 Å². The Balaban J connectivity index is 1.87. The molecule has 3 nitrogen and oxygen atoms in total. The summed E-state index contributed by atoms with van der Waals surface area (Å²) in [5.74, 6) is 0.836. The zero-order valence-corrected chi connectivity index (χ0v) is 13.3. The van der Waals surface area contributed by atoms with Crippen molar-refractivity contribution in [1.82, 2.24) is 0 Å². The van der Waals surface area contributed by atoms with E-state index < -0.39 is 7.12 Å². The van der Waals surface area contributed by atoms with E-state index in [0.29, 0.717) is 5.66 Å². The van der Waals surface area contributed by atoms with Gasteiger partial charge in [-0.2, -0.15) is 0 Å². The smallest absolute Gasteiger partial charge is 0.465 e. The largest absolute Gasteiger partial charge is 0.532 e. The van der Waals surface area contributed by atoms with E-state index in [1.807, 2.05) is 52.0 Å². The first-order valence-electron chi connectivity index (χ1n) is 7.31. The molecule has 1 aromatic carbocycles. The van der Waals surface area contributed by atoms with Crippen LogP contribution in [0.15, 0.2) is 40.8 Å². The Morgan fingerprint density at radius 3 is 2.19 bits per heavy atom. The number of rotatable bonds is 2. The molecule has 1 aromatic heterocycles.